The van der Waals surface area contributed by atoms with Crippen LogP contribution in [0.5, 0.6) is 11.5 Å². The van der Waals surface area contributed by atoms with Gasteiger partial charge in [0.1, 0.15) is 5.75 Å². The van der Waals surface area contributed by atoms with Crippen molar-refractivity contribution in [1.29, 1.82) is 5.16 Å². The Bertz CT molecular complexity index is 1390. The Labute approximate surface area is 298 Å². The number of carbonyl (C=O) groups excluding carboxylic acids is 1. The van der Waals surface area contributed by atoms with Gasteiger partial charge in [-0.2, -0.15) is 9.62 Å². The summed E-state index contributed by atoms with van der Waals surface area (Å²) in [6.07, 6.45) is 3.14. The average Bonchev–Trinajstić information content (AvgIpc) is 3.11. The fourth-order valence-corrected chi connectivity index (χ4v) is 8.97. The van der Waals surface area contributed by atoms with Gasteiger partial charge in [-0.25, -0.2) is 4.78 Å². The maximum absolute atomic E-state index is 12.5. The molecule has 2 aromatic carbocycles. The van der Waals surface area contributed by atoms with Gasteiger partial charge in [0, 0.05) is 7.05 Å². The Morgan fingerprint density at radius 1 is 1.00 bits per heavy atom. The third-order valence-electron chi connectivity index (χ3n) is 6.70. The van der Waals surface area contributed by atoms with Gasteiger partial charge < -0.3 is 9.36 Å². The van der Waals surface area contributed by atoms with Crippen molar-refractivity contribution in [3.8, 4) is 11.5 Å². The summed E-state index contributed by atoms with van der Waals surface area (Å²) >= 11 is 5.56. The molecule has 0 aromatic heterocycles. The molecule has 2 rings (SSSR count). The first kappa shape index (κ1) is 43.7. The number of nitrogens with zero attached hydrogens (tertiary/aromatic N) is 5. The minimum absolute atomic E-state index is 0.0515. The van der Waals surface area contributed by atoms with E-state index in [0.717, 1.165) is 11.1 Å². The van der Waals surface area contributed by atoms with Gasteiger partial charge in [0.15, 0.2) is 5.75 Å². The number of carbonyl (C=O) groups is 1. The van der Waals surface area contributed by atoms with E-state index in [-0.39, 0.29) is 24.9 Å². The molecule has 1 atom stereocenters. The third-order valence-corrected chi connectivity index (χ3v) is 14.9. The van der Waals surface area contributed by atoms with Gasteiger partial charge in [0.25, 0.3) is 0 Å². The van der Waals surface area contributed by atoms with E-state index in [0.29, 0.717) is 62.1 Å². The van der Waals surface area contributed by atoms with Crippen molar-refractivity contribution in [2.24, 2.45) is 14.5 Å². The van der Waals surface area contributed by atoms with Gasteiger partial charge in [-0.05, 0) is 46.5 Å². The van der Waals surface area contributed by atoms with Crippen LogP contribution in [0, 0.1) is 5.16 Å². The van der Waals surface area contributed by atoms with Crippen LogP contribution >= 0.6 is 47.6 Å². The Kier molecular flexibility index (Phi) is 21.3. The van der Waals surface area contributed by atoms with Crippen LogP contribution in [0.2, 0.25) is 0 Å². The molecule has 0 saturated carbocycles. The van der Waals surface area contributed by atoms with Crippen molar-refractivity contribution in [2.45, 2.75) is 19.3 Å². The van der Waals surface area contributed by atoms with Gasteiger partial charge in [-0.15, -0.1) is 0 Å². The van der Waals surface area contributed by atoms with E-state index in [4.69, 9.17) is 44.4 Å². The second kappa shape index (κ2) is 23.9. The zero-order chi connectivity index (χ0) is 36.1. The van der Waals surface area contributed by atoms with Crippen LogP contribution in [0.4, 0.5) is 0 Å². The van der Waals surface area contributed by atoms with E-state index in [9.17, 15) is 14.6 Å². The van der Waals surface area contributed by atoms with Crippen LogP contribution in [0.3, 0.4) is 0 Å². The summed E-state index contributed by atoms with van der Waals surface area (Å²) in [5.41, 5.74) is 1.87. The van der Waals surface area contributed by atoms with Crippen LogP contribution < -0.4 is 14.7 Å². The van der Waals surface area contributed by atoms with Crippen LogP contribution in [0.15, 0.2) is 63.1 Å². The number of nitrogens with one attached hydrogen (secondary N) is 2. The van der Waals surface area contributed by atoms with Gasteiger partial charge >= 0.3 is 168 Å². The van der Waals surface area contributed by atoms with Crippen LogP contribution in [-0.4, -0.2) is 92.7 Å². The SMILES string of the molecule is CO[PH](O)(CN(CCCC(=O)NCCc1ccc(O[PH](=S)N(C)N=Cc2ccc(O/N=P\N=P\P=N)cc2)cc1)C[PH](O)(OC)OC)OC. The van der Waals surface area contributed by atoms with E-state index in [1.54, 1.807) is 35.1 Å². The summed E-state index contributed by atoms with van der Waals surface area (Å²) in [5.74, 6) is 1.09. The zero-order valence-corrected chi connectivity index (χ0v) is 34.4. The fourth-order valence-electron chi connectivity index (χ4n) is 3.93. The molecule has 2 aromatic rings. The Hall–Kier alpha value is -1.49. The van der Waals surface area contributed by atoms with E-state index in [1.807, 2.05) is 36.4 Å². The number of hydrogen-bond donors (Lipinski definition) is 4. The molecule has 1 unspecified atom stereocenters. The monoisotopic (exact) mass is 817 g/mol. The predicted molar refractivity (Wildman–Crippen MR) is 205 cm³/mol. The fraction of sp³-hybridized carbons (Fsp3) is 0.462. The molecule has 274 valence electrons. The summed E-state index contributed by atoms with van der Waals surface area (Å²) in [6.45, 7) is 0.844. The molecule has 49 heavy (non-hydrogen) atoms. The number of rotatable bonds is 24. The second-order valence-corrected chi connectivity index (χ2v) is 20.2. The molecule has 0 aliphatic rings. The molecule has 0 radical (unpaired) electrons. The summed E-state index contributed by atoms with van der Waals surface area (Å²) in [7, 11) is -0.117. The van der Waals surface area contributed by atoms with Crippen LogP contribution in [0.1, 0.15) is 24.0 Å². The standard InChI is InChI=1S/C26H45N7O9P6S/c1-32(29-19-23-10-12-24(13-11-23)41-30-44-31-45-43-27)46(49)42-25-14-8-22(9-15-25)16-17-28-26(34)7-6-18-33(20-47(35,37-2)38-3)21-48(36,39-4)40-5/h8-15,19,27,35-36,46-48H,6-7,16-18,20-21H2,1-5H3,(H,28,34). The van der Waals surface area contributed by atoms with Crippen LogP contribution in [0.25, 0.3) is 0 Å². The molecule has 16 nitrogen and oxygen atoms in total. The molecule has 23 heteroatoms. The van der Waals surface area contributed by atoms with Gasteiger partial charge in [-0.3, -0.25) is 5.16 Å². The first-order chi connectivity index (χ1) is 23.5. The first-order valence-corrected chi connectivity index (χ1v) is 24.3. The molecule has 0 fully saturated rings. The van der Waals surface area contributed by atoms with Crippen molar-refractivity contribution in [3.05, 3.63) is 59.7 Å². The molecular weight excluding hydrogens is 772 g/mol. The van der Waals surface area contributed by atoms with E-state index in [1.165, 1.54) is 28.4 Å². The molecule has 0 bridgehead atoms. The van der Waals surface area contributed by atoms with Crippen molar-refractivity contribution in [1.82, 2.24) is 15.0 Å². The number of benzene rings is 2. The summed E-state index contributed by atoms with van der Waals surface area (Å²) < 4.78 is 32.2. The van der Waals surface area contributed by atoms with Crippen molar-refractivity contribution in [3.63, 3.8) is 0 Å². The quantitative estimate of drug-likeness (QED) is 0.0491. The molecule has 0 aliphatic carbocycles. The minimum atomic E-state index is -3.47. The number of amides is 1. The number of hydrazone groups is 1. The topological polar surface area (TPSA) is 192 Å². The van der Waals surface area contributed by atoms with E-state index >= 15 is 0 Å². The maximum atomic E-state index is 12.5. The average molecular weight is 818 g/mol. The first-order valence-electron chi connectivity index (χ1n) is 14.7. The van der Waals surface area contributed by atoms with Gasteiger partial charge in [0.2, 0.25) is 15.6 Å². The predicted octanol–water partition coefficient (Wildman–Crippen LogP) is 6.85. The Morgan fingerprint density at radius 3 is 2.16 bits per heavy atom. The molecular formula is C26H45N7O9P6S. The Morgan fingerprint density at radius 2 is 1.59 bits per heavy atom. The normalized spacial score (nSPS) is 13.8. The molecule has 1 amide bonds. The summed E-state index contributed by atoms with van der Waals surface area (Å²) in [5, 5.41) is 14.3. The molecule has 0 heterocycles. The van der Waals surface area contributed by atoms with Crippen molar-refractivity contribution >= 4 is 71.5 Å². The Balaban J connectivity index is 1.76. The van der Waals surface area contributed by atoms with E-state index in [2.05, 4.69) is 19.8 Å². The van der Waals surface area contributed by atoms with Crippen molar-refractivity contribution in [2.75, 3.05) is 61.1 Å². The van der Waals surface area contributed by atoms with E-state index < -0.39 is 23.0 Å². The van der Waals surface area contributed by atoms with Crippen molar-refractivity contribution < 1.29 is 42.0 Å². The van der Waals surface area contributed by atoms with Gasteiger partial charge in [0.05, 0.1) is 22.3 Å². The molecule has 4 N–H and O–H groups in total. The molecule has 0 aliphatic heterocycles. The zero-order valence-electron chi connectivity index (χ0n) is 27.9. The number of hydrogen-bond acceptors (Lipinski definition) is 14. The third kappa shape index (κ3) is 17.5. The molecule has 0 saturated heterocycles. The van der Waals surface area contributed by atoms with Gasteiger partial charge in [-0.1, -0.05) is 0 Å². The second-order valence-electron chi connectivity index (χ2n) is 10.0. The van der Waals surface area contributed by atoms with Crippen LogP contribution in [-0.2, 0) is 41.1 Å². The summed E-state index contributed by atoms with van der Waals surface area (Å²) in [4.78, 5) is 44.4. The summed E-state index contributed by atoms with van der Waals surface area (Å²) in [6, 6.07) is 14.8. The molecule has 0 spiro atoms.